The Morgan fingerprint density at radius 3 is 1.17 bits per heavy atom. The van der Waals surface area contributed by atoms with Gasteiger partial charge in [0.1, 0.15) is 0 Å². The molecule has 0 aromatic rings. The fourth-order valence-corrected chi connectivity index (χ4v) is 1.83. The predicted octanol–water partition coefficient (Wildman–Crippen LogP) is 2.52. The molecule has 0 aromatic heterocycles. The molecule has 2 atom stereocenters. The maximum absolute atomic E-state index is 5.58. The summed E-state index contributed by atoms with van der Waals surface area (Å²) in [5.74, 6) is 0. The topological polar surface area (TPSA) is 61.0 Å². The first-order valence-electron chi connectivity index (χ1n) is 8.96. The first-order chi connectivity index (χ1) is 11.0. The van der Waals surface area contributed by atoms with Crippen molar-refractivity contribution in [3.8, 4) is 0 Å². The van der Waals surface area contributed by atoms with Crippen LogP contribution in [0.4, 0.5) is 0 Å². The third kappa shape index (κ3) is 18.1. The number of nitrogens with one attached hydrogen (secondary N) is 2. The van der Waals surface area contributed by atoms with Crippen molar-refractivity contribution in [2.24, 2.45) is 0 Å². The molecule has 0 heterocycles. The molecule has 0 saturated heterocycles. The van der Waals surface area contributed by atoms with Crippen LogP contribution in [-0.2, 0) is 18.9 Å². The van der Waals surface area contributed by atoms with E-state index in [4.69, 9.17) is 18.9 Å². The van der Waals surface area contributed by atoms with E-state index in [0.29, 0.717) is 26.4 Å². The maximum atomic E-state index is 5.58. The Morgan fingerprint density at radius 2 is 0.875 bits per heavy atom. The highest BCUT2D eigenvalue weighted by Crippen LogP contribution is 2.00. The summed E-state index contributed by atoms with van der Waals surface area (Å²) in [6.07, 6.45) is -0.467. The second kappa shape index (κ2) is 12.2. The molecule has 0 spiro atoms. The summed E-state index contributed by atoms with van der Waals surface area (Å²) < 4.78 is 22.3. The molecule has 0 bridgehead atoms. The van der Waals surface area contributed by atoms with Gasteiger partial charge in [-0.05, 0) is 55.4 Å². The zero-order chi connectivity index (χ0) is 18.6. The van der Waals surface area contributed by atoms with Crippen molar-refractivity contribution in [3.05, 3.63) is 0 Å². The van der Waals surface area contributed by atoms with Crippen molar-refractivity contribution in [1.29, 1.82) is 0 Å². The number of hydrogen-bond acceptors (Lipinski definition) is 6. The summed E-state index contributed by atoms with van der Waals surface area (Å²) in [7, 11) is 0. The first kappa shape index (κ1) is 23.8. The maximum Gasteiger partial charge on any atom is 0.154 e. The van der Waals surface area contributed by atoms with E-state index in [1.807, 2.05) is 13.8 Å². The summed E-state index contributed by atoms with van der Waals surface area (Å²) in [6.45, 7) is 20.4. The van der Waals surface area contributed by atoms with Gasteiger partial charge in [0, 0.05) is 24.2 Å². The van der Waals surface area contributed by atoms with Crippen LogP contribution in [0.15, 0.2) is 0 Å². The van der Waals surface area contributed by atoms with Gasteiger partial charge >= 0.3 is 0 Å². The third-order valence-corrected chi connectivity index (χ3v) is 3.01. The molecule has 24 heavy (non-hydrogen) atoms. The SMILES string of the molecule is CC(OCCNC(C)(C)C)OCCOC(C)OCCNC(C)(C)C. The van der Waals surface area contributed by atoms with Gasteiger partial charge in [-0.3, -0.25) is 0 Å². The van der Waals surface area contributed by atoms with Crippen LogP contribution in [0.25, 0.3) is 0 Å². The largest absolute Gasteiger partial charge is 0.352 e. The third-order valence-electron chi connectivity index (χ3n) is 3.01. The summed E-state index contributed by atoms with van der Waals surface area (Å²) in [5, 5.41) is 6.73. The monoisotopic (exact) mass is 348 g/mol. The number of ether oxygens (including phenoxy) is 4. The highest BCUT2D eigenvalue weighted by Gasteiger charge is 2.10. The lowest BCUT2D eigenvalue weighted by molar-refractivity contribution is -0.170. The van der Waals surface area contributed by atoms with Crippen LogP contribution in [0.1, 0.15) is 55.4 Å². The molecule has 2 unspecified atom stereocenters. The van der Waals surface area contributed by atoms with E-state index in [2.05, 4.69) is 52.2 Å². The molecule has 0 aliphatic carbocycles. The molecule has 0 fully saturated rings. The van der Waals surface area contributed by atoms with Gasteiger partial charge in [0.25, 0.3) is 0 Å². The highest BCUT2D eigenvalue weighted by molar-refractivity contribution is 4.69. The number of hydrogen-bond donors (Lipinski definition) is 2. The van der Waals surface area contributed by atoms with Gasteiger partial charge in [0.05, 0.1) is 26.4 Å². The van der Waals surface area contributed by atoms with Crippen LogP contribution < -0.4 is 10.6 Å². The molecule has 6 heteroatoms. The minimum atomic E-state index is -0.234. The van der Waals surface area contributed by atoms with Crippen molar-refractivity contribution >= 4 is 0 Å². The van der Waals surface area contributed by atoms with Crippen LogP contribution in [0, 0.1) is 0 Å². The second-order valence-electron chi connectivity index (χ2n) is 7.97. The van der Waals surface area contributed by atoms with Crippen LogP contribution >= 0.6 is 0 Å². The Hall–Kier alpha value is -0.240. The molecule has 6 nitrogen and oxygen atoms in total. The van der Waals surface area contributed by atoms with E-state index in [-0.39, 0.29) is 23.7 Å². The van der Waals surface area contributed by atoms with Gasteiger partial charge in [-0.2, -0.15) is 0 Å². The van der Waals surface area contributed by atoms with Gasteiger partial charge < -0.3 is 29.6 Å². The lowest BCUT2D eigenvalue weighted by Crippen LogP contribution is -2.38. The van der Waals surface area contributed by atoms with Crippen LogP contribution in [-0.4, -0.2) is 63.2 Å². The summed E-state index contributed by atoms with van der Waals surface area (Å²) >= 11 is 0. The van der Waals surface area contributed by atoms with E-state index in [0.717, 1.165) is 13.1 Å². The van der Waals surface area contributed by atoms with Gasteiger partial charge in [-0.25, -0.2) is 0 Å². The molecule has 0 amide bonds. The summed E-state index contributed by atoms with van der Waals surface area (Å²) in [4.78, 5) is 0. The van der Waals surface area contributed by atoms with Gasteiger partial charge in [-0.1, -0.05) is 0 Å². The predicted molar refractivity (Wildman–Crippen MR) is 98.2 cm³/mol. The molecule has 2 N–H and O–H groups in total. The molecular formula is C18H40N2O4. The first-order valence-corrected chi connectivity index (χ1v) is 8.96. The molecule has 0 rings (SSSR count). The molecule has 0 aliphatic heterocycles. The van der Waals surface area contributed by atoms with E-state index >= 15 is 0 Å². The van der Waals surface area contributed by atoms with Crippen LogP contribution in [0.5, 0.6) is 0 Å². The highest BCUT2D eigenvalue weighted by atomic mass is 16.7. The Bertz CT molecular complexity index is 270. The molecule has 146 valence electrons. The van der Waals surface area contributed by atoms with Crippen molar-refractivity contribution in [3.63, 3.8) is 0 Å². The average molecular weight is 349 g/mol. The Kier molecular flexibility index (Phi) is 12.0. The Balaban J connectivity index is 3.47. The van der Waals surface area contributed by atoms with Gasteiger partial charge in [0.2, 0.25) is 0 Å². The fourth-order valence-electron chi connectivity index (χ4n) is 1.83. The molecule has 0 radical (unpaired) electrons. The lowest BCUT2D eigenvalue weighted by Gasteiger charge is -2.22. The number of rotatable bonds is 13. The fraction of sp³-hybridized carbons (Fsp3) is 1.00. The minimum Gasteiger partial charge on any atom is -0.352 e. The minimum absolute atomic E-state index is 0.111. The molecule has 0 aliphatic rings. The van der Waals surface area contributed by atoms with E-state index in [1.54, 1.807) is 0 Å². The van der Waals surface area contributed by atoms with Crippen molar-refractivity contribution in [1.82, 2.24) is 10.6 Å². The second-order valence-corrected chi connectivity index (χ2v) is 7.97. The van der Waals surface area contributed by atoms with Crippen LogP contribution in [0.3, 0.4) is 0 Å². The van der Waals surface area contributed by atoms with Gasteiger partial charge in [-0.15, -0.1) is 0 Å². The molecule has 0 saturated carbocycles. The average Bonchev–Trinajstić information content (AvgIpc) is 2.42. The molecule has 0 aromatic carbocycles. The van der Waals surface area contributed by atoms with E-state index in [9.17, 15) is 0 Å². The summed E-state index contributed by atoms with van der Waals surface area (Å²) in [6, 6.07) is 0. The van der Waals surface area contributed by atoms with E-state index in [1.165, 1.54) is 0 Å². The quantitative estimate of drug-likeness (QED) is 0.394. The van der Waals surface area contributed by atoms with Crippen LogP contribution in [0.2, 0.25) is 0 Å². The zero-order valence-electron chi connectivity index (χ0n) is 17.0. The Morgan fingerprint density at radius 1 is 0.583 bits per heavy atom. The van der Waals surface area contributed by atoms with E-state index < -0.39 is 0 Å². The molecular weight excluding hydrogens is 308 g/mol. The van der Waals surface area contributed by atoms with Crippen molar-refractivity contribution < 1.29 is 18.9 Å². The van der Waals surface area contributed by atoms with Gasteiger partial charge in [0.15, 0.2) is 12.6 Å². The van der Waals surface area contributed by atoms with Crippen molar-refractivity contribution in [2.45, 2.75) is 79.0 Å². The lowest BCUT2D eigenvalue weighted by atomic mass is 10.1. The Labute approximate surface area is 148 Å². The summed E-state index contributed by atoms with van der Waals surface area (Å²) in [5.41, 5.74) is 0.222. The normalized spacial score (nSPS) is 15.5. The van der Waals surface area contributed by atoms with Crippen molar-refractivity contribution in [2.75, 3.05) is 39.5 Å². The smallest absolute Gasteiger partial charge is 0.154 e. The standard InChI is InChI=1S/C18H40N2O4/c1-15(21-11-9-19-17(3,4)5)23-13-14-24-16(2)22-12-10-20-18(6,7)8/h15-16,19-20H,9-14H2,1-8H3. The zero-order valence-corrected chi connectivity index (χ0v) is 17.0.